The van der Waals surface area contributed by atoms with Gasteiger partial charge in [-0.1, -0.05) is 0 Å². The van der Waals surface area contributed by atoms with Crippen LogP contribution >= 0.6 is 0 Å². The third-order valence-electron chi connectivity index (χ3n) is 2.01. The van der Waals surface area contributed by atoms with Gasteiger partial charge in [0.15, 0.2) is 0 Å². The first-order valence-electron chi connectivity index (χ1n) is 4.03. The summed E-state index contributed by atoms with van der Waals surface area (Å²) in [6.45, 7) is 2.70. The third-order valence-corrected chi connectivity index (χ3v) is 2.01. The van der Waals surface area contributed by atoms with Crippen LogP contribution in [0.2, 0.25) is 0 Å². The second-order valence-corrected chi connectivity index (χ2v) is 2.87. The van der Waals surface area contributed by atoms with E-state index in [-0.39, 0.29) is 12.1 Å². The number of nitrogens with zero attached hydrogens (tertiary/aromatic N) is 1. The van der Waals surface area contributed by atoms with Crippen molar-refractivity contribution in [1.29, 1.82) is 0 Å². The summed E-state index contributed by atoms with van der Waals surface area (Å²) in [5, 5.41) is 0. The van der Waals surface area contributed by atoms with Crippen molar-refractivity contribution < 1.29 is 9.53 Å². The van der Waals surface area contributed by atoms with Crippen molar-refractivity contribution in [2.24, 2.45) is 4.99 Å². The molecular weight excluding hydrogens is 142 g/mol. The van der Waals surface area contributed by atoms with E-state index < -0.39 is 0 Å². The zero-order chi connectivity index (χ0) is 8.10. The maximum absolute atomic E-state index is 9.91. The monoisotopic (exact) mass is 155 g/mol. The molecule has 1 fully saturated rings. The largest absolute Gasteiger partial charge is 0.376 e. The Morgan fingerprint density at radius 1 is 1.64 bits per heavy atom. The smallest absolute Gasteiger partial charge is 0.235 e. The standard InChI is InChI=1S/C8H13NO2/c1-7(9-6-10)8-4-2-3-5-11-8/h7-8H,2-5H2,1H3. The maximum Gasteiger partial charge on any atom is 0.235 e. The van der Waals surface area contributed by atoms with Crippen LogP contribution in [0.1, 0.15) is 26.2 Å². The number of aliphatic imine (C=N–C) groups is 1. The molecule has 62 valence electrons. The lowest BCUT2D eigenvalue weighted by Crippen LogP contribution is -2.28. The van der Waals surface area contributed by atoms with Gasteiger partial charge in [-0.15, -0.1) is 0 Å². The van der Waals surface area contributed by atoms with Crippen LogP contribution in [0.15, 0.2) is 4.99 Å². The molecule has 3 heteroatoms. The number of hydrogen-bond donors (Lipinski definition) is 0. The van der Waals surface area contributed by atoms with Crippen molar-refractivity contribution in [1.82, 2.24) is 0 Å². The van der Waals surface area contributed by atoms with E-state index >= 15 is 0 Å². The van der Waals surface area contributed by atoms with Gasteiger partial charge >= 0.3 is 0 Å². The predicted octanol–water partition coefficient (Wildman–Crippen LogP) is 1.28. The highest BCUT2D eigenvalue weighted by atomic mass is 16.5. The van der Waals surface area contributed by atoms with Crippen molar-refractivity contribution in [2.45, 2.75) is 38.3 Å². The molecule has 1 aliphatic heterocycles. The molecule has 1 saturated heterocycles. The Morgan fingerprint density at radius 2 is 2.45 bits per heavy atom. The average Bonchev–Trinajstić information content (AvgIpc) is 2.07. The van der Waals surface area contributed by atoms with Crippen LogP contribution in [-0.4, -0.2) is 24.8 Å². The summed E-state index contributed by atoms with van der Waals surface area (Å²) in [5.74, 6) is 0. The Bertz CT molecular complexity index is 157. The van der Waals surface area contributed by atoms with Crippen LogP contribution in [-0.2, 0) is 9.53 Å². The molecule has 0 aromatic rings. The fourth-order valence-corrected chi connectivity index (χ4v) is 1.31. The van der Waals surface area contributed by atoms with Gasteiger partial charge in [0.1, 0.15) is 0 Å². The first kappa shape index (κ1) is 8.44. The first-order valence-corrected chi connectivity index (χ1v) is 4.03. The minimum atomic E-state index is -0.0206. The van der Waals surface area contributed by atoms with E-state index in [1.165, 1.54) is 6.42 Å². The van der Waals surface area contributed by atoms with E-state index in [9.17, 15) is 4.79 Å². The molecule has 0 aromatic heterocycles. The molecule has 3 nitrogen and oxygen atoms in total. The molecule has 1 aliphatic rings. The highest BCUT2D eigenvalue weighted by Gasteiger charge is 2.19. The Hall–Kier alpha value is -0.660. The molecule has 0 aliphatic carbocycles. The SMILES string of the molecule is CC(N=C=O)C1CCCCO1. The topological polar surface area (TPSA) is 38.7 Å². The summed E-state index contributed by atoms with van der Waals surface area (Å²) in [5.41, 5.74) is 0. The lowest BCUT2D eigenvalue weighted by atomic mass is 10.0. The molecule has 2 unspecified atom stereocenters. The Labute approximate surface area is 66.5 Å². The van der Waals surface area contributed by atoms with Gasteiger partial charge in [0.05, 0.1) is 12.1 Å². The highest BCUT2D eigenvalue weighted by molar-refractivity contribution is 5.33. The summed E-state index contributed by atoms with van der Waals surface area (Å²) in [6.07, 6.45) is 5.04. The van der Waals surface area contributed by atoms with Crippen molar-refractivity contribution in [2.75, 3.05) is 6.61 Å². The fourth-order valence-electron chi connectivity index (χ4n) is 1.31. The lowest BCUT2D eigenvalue weighted by Gasteiger charge is -2.24. The molecule has 11 heavy (non-hydrogen) atoms. The number of rotatable bonds is 2. The van der Waals surface area contributed by atoms with E-state index in [0.29, 0.717) is 0 Å². The summed E-state index contributed by atoms with van der Waals surface area (Å²) in [7, 11) is 0. The van der Waals surface area contributed by atoms with Gasteiger partial charge in [-0.25, -0.2) is 9.79 Å². The first-order chi connectivity index (χ1) is 5.34. The molecule has 0 bridgehead atoms. The summed E-state index contributed by atoms with van der Waals surface area (Å²) in [6, 6.07) is -0.0206. The van der Waals surface area contributed by atoms with Crippen LogP contribution in [0.3, 0.4) is 0 Å². The van der Waals surface area contributed by atoms with E-state index in [0.717, 1.165) is 19.4 Å². The molecule has 0 radical (unpaired) electrons. The van der Waals surface area contributed by atoms with Crippen molar-refractivity contribution >= 4 is 6.08 Å². The Morgan fingerprint density at radius 3 is 3.00 bits per heavy atom. The Balaban J connectivity index is 2.38. The van der Waals surface area contributed by atoms with E-state index in [2.05, 4.69) is 4.99 Å². The quantitative estimate of drug-likeness (QED) is 0.445. The zero-order valence-corrected chi connectivity index (χ0v) is 6.75. The van der Waals surface area contributed by atoms with Crippen LogP contribution in [0.5, 0.6) is 0 Å². The number of ether oxygens (including phenoxy) is 1. The van der Waals surface area contributed by atoms with Gasteiger partial charge in [-0.3, -0.25) is 0 Å². The van der Waals surface area contributed by atoms with E-state index in [1.54, 1.807) is 6.08 Å². The van der Waals surface area contributed by atoms with Gasteiger partial charge in [-0.2, -0.15) is 0 Å². The molecule has 0 saturated carbocycles. The van der Waals surface area contributed by atoms with Gasteiger partial charge in [0.25, 0.3) is 0 Å². The van der Waals surface area contributed by atoms with Gasteiger partial charge < -0.3 is 4.74 Å². The Kier molecular flexibility index (Phi) is 3.27. The zero-order valence-electron chi connectivity index (χ0n) is 6.75. The van der Waals surface area contributed by atoms with Crippen molar-refractivity contribution in [3.63, 3.8) is 0 Å². The van der Waals surface area contributed by atoms with Crippen LogP contribution in [0.25, 0.3) is 0 Å². The lowest BCUT2D eigenvalue weighted by molar-refractivity contribution is 0.00453. The third kappa shape index (κ3) is 2.45. The molecule has 1 rings (SSSR count). The molecule has 2 atom stereocenters. The summed E-state index contributed by atoms with van der Waals surface area (Å²) < 4.78 is 5.42. The van der Waals surface area contributed by atoms with Crippen LogP contribution in [0.4, 0.5) is 0 Å². The molecule has 0 N–H and O–H groups in total. The molecular formula is C8H13NO2. The minimum Gasteiger partial charge on any atom is -0.376 e. The van der Waals surface area contributed by atoms with Gasteiger partial charge in [0, 0.05) is 6.61 Å². The van der Waals surface area contributed by atoms with Gasteiger partial charge in [0.2, 0.25) is 6.08 Å². The normalized spacial score (nSPS) is 27.2. The second kappa shape index (κ2) is 4.27. The number of carbonyl (C=O) groups excluding carboxylic acids is 1. The second-order valence-electron chi connectivity index (χ2n) is 2.87. The molecule has 0 aromatic carbocycles. The number of hydrogen-bond acceptors (Lipinski definition) is 3. The molecule has 1 heterocycles. The maximum atomic E-state index is 9.91. The van der Waals surface area contributed by atoms with Crippen molar-refractivity contribution in [3.05, 3.63) is 0 Å². The molecule has 0 amide bonds. The average molecular weight is 155 g/mol. The van der Waals surface area contributed by atoms with Crippen molar-refractivity contribution in [3.8, 4) is 0 Å². The highest BCUT2D eigenvalue weighted by Crippen LogP contribution is 2.16. The minimum absolute atomic E-state index is 0.0206. The van der Waals surface area contributed by atoms with Crippen LogP contribution in [0, 0.1) is 0 Å². The van der Waals surface area contributed by atoms with E-state index in [1.807, 2.05) is 6.92 Å². The predicted molar refractivity (Wildman–Crippen MR) is 41.2 cm³/mol. The fraction of sp³-hybridized carbons (Fsp3) is 0.875. The van der Waals surface area contributed by atoms with E-state index in [4.69, 9.17) is 4.74 Å². The van der Waals surface area contributed by atoms with Crippen LogP contribution < -0.4 is 0 Å². The number of isocyanates is 1. The van der Waals surface area contributed by atoms with Gasteiger partial charge in [-0.05, 0) is 26.2 Å². The molecule has 0 spiro atoms. The summed E-state index contributed by atoms with van der Waals surface area (Å²) in [4.78, 5) is 13.5. The summed E-state index contributed by atoms with van der Waals surface area (Å²) >= 11 is 0.